The molecule has 5 heteroatoms. The maximum Gasteiger partial charge on any atom is 0.255 e. The summed E-state index contributed by atoms with van der Waals surface area (Å²) in [6, 6.07) is 10.2. The number of carbonyl (C=O) groups excluding carboxylic acids is 1. The second kappa shape index (κ2) is 5.71. The van der Waals surface area contributed by atoms with Gasteiger partial charge in [0.05, 0.1) is 12.1 Å². The van der Waals surface area contributed by atoms with E-state index in [9.17, 15) is 9.18 Å². The normalized spacial score (nSPS) is 10.1. The lowest BCUT2D eigenvalue weighted by molar-refractivity contribution is 0.102. The van der Waals surface area contributed by atoms with Gasteiger partial charge in [-0.25, -0.2) is 4.39 Å². The minimum atomic E-state index is -0.385. The van der Waals surface area contributed by atoms with Crippen molar-refractivity contribution < 1.29 is 13.9 Å². The molecule has 0 aliphatic rings. The van der Waals surface area contributed by atoms with E-state index in [1.807, 2.05) is 0 Å². The van der Waals surface area contributed by atoms with Crippen LogP contribution < -0.4 is 10.1 Å². The van der Waals surface area contributed by atoms with Gasteiger partial charge in [0.2, 0.25) is 0 Å². The fourth-order valence-electron chi connectivity index (χ4n) is 1.54. The van der Waals surface area contributed by atoms with E-state index in [0.29, 0.717) is 22.0 Å². The Morgan fingerprint density at radius 3 is 2.53 bits per heavy atom. The van der Waals surface area contributed by atoms with Gasteiger partial charge in [-0.05, 0) is 36.4 Å². The third-order valence-corrected chi connectivity index (χ3v) is 2.83. The maximum atomic E-state index is 12.8. The molecule has 0 saturated heterocycles. The summed E-state index contributed by atoms with van der Waals surface area (Å²) in [5.41, 5.74) is 0.922. The van der Waals surface area contributed by atoms with Crippen LogP contribution in [0.1, 0.15) is 10.4 Å². The van der Waals surface area contributed by atoms with Crippen LogP contribution in [0.15, 0.2) is 42.5 Å². The molecular formula is C14H11ClFNO2. The minimum absolute atomic E-state index is 0.329. The summed E-state index contributed by atoms with van der Waals surface area (Å²) in [4.78, 5) is 11.9. The Labute approximate surface area is 115 Å². The number of benzene rings is 2. The van der Waals surface area contributed by atoms with Gasteiger partial charge in [0.1, 0.15) is 11.6 Å². The number of hydrogen-bond acceptors (Lipinski definition) is 2. The fraction of sp³-hybridized carbons (Fsp3) is 0.0714. The van der Waals surface area contributed by atoms with E-state index < -0.39 is 0 Å². The van der Waals surface area contributed by atoms with Crippen LogP contribution in [0, 0.1) is 5.82 Å². The molecule has 0 heterocycles. The zero-order chi connectivity index (χ0) is 13.8. The Hall–Kier alpha value is -2.07. The monoisotopic (exact) mass is 279 g/mol. The number of ether oxygens (including phenoxy) is 1. The van der Waals surface area contributed by atoms with Crippen molar-refractivity contribution in [1.82, 2.24) is 0 Å². The van der Waals surface area contributed by atoms with Gasteiger partial charge in [0, 0.05) is 17.3 Å². The number of hydrogen-bond donors (Lipinski definition) is 1. The molecule has 0 spiro atoms. The molecule has 0 unspecified atom stereocenters. The van der Waals surface area contributed by atoms with Crippen LogP contribution in [0.3, 0.4) is 0 Å². The standard InChI is InChI=1S/C14H11ClFNO2/c1-19-13-8-11(6-7-12(13)15)17-14(18)9-2-4-10(16)5-3-9/h2-8H,1H3,(H,17,18). The summed E-state index contributed by atoms with van der Waals surface area (Å²) in [6.07, 6.45) is 0. The largest absolute Gasteiger partial charge is 0.495 e. The second-order valence-electron chi connectivity index (χ2n) is 3.81. The van der Waals surface area contributed by atoms with E-state index >= 15 is 0 Å². The molecule has 0 atom stereocenters. The van der Waals surface area contributed by atoms with Gasteiger partial charge in [0.15, 0.2) is 0 Å². The molecule has 19 heavy (non-hydrogen) atoms. The zero-order valence-electron chi connectivity index (χ0n) is 10.1. The molecule has 0 aliphatic carbocycles. The summed E-state index contributed by atoms with van der Waals surface area (Å²) in [5.74, 6) is -0.243. The lowest BCUT2D eigenvalue weighted by Crippen LogP contribution is -2.11. The van der Waals surface area contributed by atoms with Gasteiger partial charge in [0.25, 0.3) is 5.91 Å². The Morgan fingerprint density at radius 2 is 1.89 bits per heavy atom. The van der Waals surface area contributed by atoms with Crippen LogP contribution in [0.5, 0.6) is 5.75 Å². The average molecular weight is 280 g/mol. The molecule has 0 bridgehead atoms. The Balaban J connectivity index is 2.17. The predicted octanol–water partition coefficient (Wildman–Crippen LogP) is 3.74. The summed E-state index contributed by atoms with van der Waals surface area (Å²) in [6.45, 7) is 0. The molecule has 98 valence electrons. The summed E-state index contributed by atoms with van der Waals surface area (Å²) >= 11 is 5.89. The maximum absolute atomic E-state index is 12.8. The van der Waals surface area contributed by atoms with Crippen LogP contribution in [0.4, 0.5) is 10.1 Å². The summed E-state index contributed by atoms with van der Waals surface area (Å²) in [5, 5.41) is 3.14. The highest BCUT2D eigenvalue weighted by Crippen LogP contribution is 2.27. The summed E-state index contributed by atoms with van der Waals surface area (Å²) in [7, 11) is 1.49. The van der Waals surface area contributed by atoms with Gasteiger partial charge in [-0.1, -0.05) is 11.6 Å². The zero-order valence-corrected chi connectivity index (χ0v) is 10.9. The lowest BCUT2D eigenvalue weighted by atomic mass is 10.2. The van der Waals surface area contributed by atoms with Crippen molar-refractivity contribution in [2.75, 3.05) is 12.4 Å². The number of halogens is 2. The molecule has 0 aliphatic heterocycles. The molecule has 1 amide bonds. The molecule has 0 radical (unpaired) electrons. The third kappa shape index (κ3) is 3.23. The number of methoxy groups -OCH3 is 1. The topological polar surface area (TPSA) is 38.3 Å². The van der Waals surface area contributed by atoms with E-state index in [-0.39, 0.29) is 11.7 Å². The predicted molar refractivity (Wildman–Crippen MR) is 72.4 cm³/mol. The van der Waals surface area contributed by atoms with Crippen LogP contribution in [-0.4, -0.2) is 13.0 Å². The number of carbonyl (C=O) groups is 1. The van der Waals surface area contributed by atoms with Crippen molar-refractivity contribution in [3.05, 3.63) is 58.9 Å². The molecule has 2 aromatic rings. The average Bonchev–Trinajstić information content (AvgIpc) is 2.41. The van der Waals surface area contributed by atoms with Gasteiger partial charge in [-0.3, -0.25) is 4.79 Å². The SMILES string of the molecule is COc1cc(NC(=O)c2ccc(F)cc2)ccc1Cl. The van der Waals surface area contributed by atoms with Crippen LogP contribution in [0.2, 0.25) is 5.02 Å². The van der Waals surface area contributed by atoms with E-state index in [2.05, 4.69) is 5.32 Å². The minimum Gasteiger partial charge on any atom is -0.495 e. The first kappa shape index (κ1) is 13.4. The number of amides is 1. The molecule has 0 saturated carbocycles. The molecule has 2 rings (SSSR count). The Morgan fingerprint density at radius 1 is 1.21 bits per heavy atom. The first-order valence-corrected chi connectivity index (χ1v) is 5.88. The third-order valence-electron chi connectivity index (χ3n) is 2.52. The van der Waals surface area contributed by atoms with E-state index in [1.54, 1.807) is 18.2 Å². The van der Waals surface area contributed by atoms with E-state index in [0.717, 1.165) is 0 Å². The van der Waals surface area contributed by atoms with Crippen molar-refractivity contribution in [3.63, 3.8) is 0 Å². The molecule has 1 N–H and O–H groups in total. The molecule has 0 aromatic heterocycles. The van der Waals surface area contributed by atoms with Gasteiger partial charge in [-0.15, -0.1) is 0 Å². The molecular weight excluding hydrogens is 269 g/mol. The van der Waals surface area contributed by atoms with Gasteiger partial charge >= 0.3 is 0 Å². The van der Waals surface area contributed by atoms with Crippen molar-refractivity contribution in [2.45, 2.75) is 0 Å². The van der Waals surface area contributed by atoms with E-state index in [4.69, 9.17) is 16.3 Å². The lowest BCUT2D eigenvalue weighted by Gasteiger charge is -2.08. The molecule has 0 fully saturated rings. The second-order valence-corrected chi connectivity index (χ2v) is 4.22. The summed E-state index contributed by atoms with van der Waals surface area (Å²) < 4.78 is 17.8. The van der Waals surface area contributed by atoms with Crippen molar-refractivity contribution in [2.24, 2.45) is 0 Å². The van der Waals surface area contributed by atoms with Crippen molar-refractivity contribution >= 4 is 23.2 Å². The Kier molecular flexibility index (Phi) is 4.02. The highest BCUT2D eigenvalue weighted by molar-refractivity contribution is 6.32. The smallest absolute Gasteiger partial charge is 0.255 e. The van der Waals surface area contributed by atoms with Crippen LogP contribution in [-0.2, 0) is 0 Å². The Bertz CT molecular complexity index is 599. The highest BCUT2D eigenvalue weighted by Gasteiger charge is 2.08. The highest BCUT2D eigenvalue weighted by atomic mass is 35.5. The van der Waals surface area contributed by atoms with Crippen molar-refractivity contribution in [3.8, 4) is 5.75 Å². The van der Waals surface area contributed by atoms with Crippen molar-refractivity contribution in [1.29, 1.82) is 0 Å². The first-order chi connectivity index (χ1) is 9.10. The van der Waals surface area contributed by atoms with Gasteiger partial charge < -0.3 is 10.1 Å². The first-order valence-electron chi connectivity index (χ1n) is 5.50. The fourth-order valence-corrected chi connectivity index (χ4v) is 1.74. The number of anilines is 1. The van der Waals surface area contributed by atoms with Crippen LogP contribution in [0.25, 0.3) is 0 Å². The number of rotatable bonds is 3. The quantitative estimate of drug-likeness (QED) is 0.929. The van der Waals surface area contributed by atoms with Crippen LogP contribution >= 0.6 is 11.6 Å². The van der Waals surface area contributed by atoms with Gasteiger partial charge in [-0.2, -0.15) is 0 Å². The molecule has 2 aromatic carbocycles. The number of nitrogens with one attached hydrogen (secondary N) is 1. The van der Waals surface area contributed by atoms with E-state index in [1.165, 1.54) is 31.4 Å². The molecule has 3 nitrogen and oxygen atoms in total.